The molecule has 0 saturated carbocycles. The minimum atomic E-state index is -0.598. The first kappa shape index (κ1) is 19.1. The Labute approximate surface area is 164 Å². The Morgan fingerprint density at radius 2 is 1.96 bits per heavy atom. The van der Waals surface area contributed by atoms with Crippen LogP contribution >= 0.6 is 22.7 Å². The molecule has 2 aromatic heterocycles. The third-order valence-electron chi connectivity index (χ3n) is 3.67. The molecule has 140 valence electrons. The second-order valence-corrected chi connectivity index (χ2v) is 7.35. The minimum absolute atomic E-state index is 0.217. The summed E-state index contributed by atoms with van der Waals surface area (Å²) in [5, 5.41) is 7.08. The van der Waals surface area contributed by atoms with Crippen LogP contribution in [0, 0.1) is 0 Å². The lowest BCUT2D eigenvalue weighted by Crippen LogP contribution is -2.30. The molecule has 2 heterocycles. The monoisotopic (exact) mass is 402 g/mol. The molecule has 0 atom stereocenters. The Morgan fingerprint density at radius 3 is 2.67 bits per heavy atom. The fraction of sp³-hybridized carbons (Fsp3) is 0.211. The maximum Gasteiger partial charge on any atom is 0.358 e. The van der Waals surface area contributed by atoms with Gasteiger partial charge in [0.15, 0.2) is 12.3 Å². The van der Waals surface area contributed by atoms with E-state index < -0.39 is 5.97 Å². The Morgan fingerprint density at radius 1 is 1.15 bits per heavy atom. The second kappa shape index (κ2) is 9.29. The van der Waals surface area contributed by atoms with Crippen LogP contribution in [0.5, 0.6) is 5.75 Å². The molecule has 3 aromatic rings. The van der Waals surface area contributed by atoms with Crippen molar-refractivity contribution in [2.45, 2.75) is 6.42 Å². The first-order chi connectivity index (χ1) is 13.2. The number of nitrogens with one attached hydrogen (secondary N) is 1. The molecule has 0 unspecified atom stereocenters. The number of carbonyl (C=O) groups is 2. The number of ether oxygens (including phenoxy) is 2. The van der Waals surface area contributed by atoms with Gasteiger partial charge in [0, 0.05) is 11.9 Å². The topological polar surface area (TPSA) is 77.5 Å². The average molecular weight is 402 g/mol. The summed E-state index contributed by atoms with van der Waals surface area (Å²) >= 11 is 2.93. The molecule has 0 fully saturated rings. The molecule has 27 heavy (non-hydrogen) atoms. The molecule has 0 aliphatic carbocycles. The Bertz CT molecular complexity index is 889. The van der Waals surface area contributed by atoms with Crippen LogP contribution in [-0.4, -0.2) is 37.1 Å². The molecule has 0 spiro atoms. The third kappa shape index (κ3) is 5.38. The summed E-state index contributed by atoms with van der Waals surface area (Å²) in [5.41, 5.74) is 1.30. The quantitative estimate of drug-likeness (QED) is 0.585. The number of hydrogen-bond acceptors (Lipinski definition) is 7. The van der Waals surface area contributed by atoms with Gasteiger partial charge in [-0.1, -0.05) is 18.2 Å². The van der Waals surface area contributed by atoms with Crippen LogP contribution in [0.1, 0.15) is 16.1 Å². The number of thiophene rings is 1. The van der Waals surface area contributed by atoms with Gasteiger partial charge in [-0.05, 0) is 35.6 Å². The molecule has 1 N–H and O–H groups in total. The van der Waals surface area contributed by atoms with Crippen molar-refractivity contribution < 1.29 is 19.1 Å². The van der Waals surface area contributed by atoms with Gasteiger partial charge < -0.3 is 14.8 Å². The van der Waals surface area contributed by atoms with Gasteiger partial charge in [0.1, 0.15) is 10.8 Å². The first-order valence-corrected chi connectivity index (χ1v) is 9.98. The Kier molecular flexibility index (Phi) is 6.56. The summed E-state index contributed by atoms with van der Waals surface area (Å²) in [6, 6.07) is 11.5. The van der Waals surface area contributed by atoms with E-state index >= 15 is 0 Å². The maximum absolute atomic E-state index is 12.0. The number of hydrogen-bond donors (Lipinski definition) is 1. The van der Waals surface area contributed by atoms with Gasteiger partial charge in [-0.25, -0.2) is 9.78 Å². The fourth-order valence-corrected chi connectivity index (χ4v) is 3.88. The highest BCUT2D eigenvalue weighted by Crippen LogP contribution is 2.27. The highest BCUT2D eigenvalue weighted by molar-refractivity contribution is 7.20. The van der Waals surface area contributed by atoms with Crippen molar-refractivity contribution in [3.63, 3.8) is 0 Å². The number of thiazole rings is 1. The second-order valence-electron chi connectivity index (χ2n) is 5.54. The van der Waals surface area contributed by atoms with Gasteiger partial charge in [0.05, 0.1) is 12.0 Å². The number of nitrogens with zero attached hydrogens (tertiary/aromatic N) is 1. The van der Waals surface area contributed by atoms with Gasteiger partial charge in [-0.2, -0.15) is 0 Å². The predicted octanol–water partition coefficient (Wildman–Crippen LogP) is 3.40. The van der Waals surface area contributed by atoms with Crippen molar-refractivity contribution >= 4 is 34.6 Å². The lowest BCUT2D eigenvalue weighted by molar-refractivity contribution is -0.124. The summed E-state index contributed by atoms with van der Waals surface area (Å²) in [6.07, 6.45) is 0.680. The lowest BCUT2D eigenvalue weighted by Gasteiger charge is -2.06. The summed E-state index contributed by atoms with van der Waals surface area (Å²) in [4.78, 5) is 29.1. The van der Waals surface area contributed by atoms with Crippen LogP contribution in [-0.2, 0) is 16.0 Å². The van der Waals surface area contributed by atoms with E-state index in [1.807, 2.05) is 41.8 Å². The molecule has 8 heteroatoms. The van der Waals surface area contributed by atoms with Crippen molar-refractivity contribution in [3.8, 4) is 15.6 Å². The highest BCUT2D eigenvalue weighted by Gasteiger charge is 2.15. The van der Waals surface area contributed by atoms with E-state index in [0.717, 1.165) is 21.2 Å². The highest BCUT2D eigenvalue weighted by atomic mass is 32.1. The number of amides is 1. The third-order valence-corrected chi connectivity index (χ3v) is 5.56. The van der Waals surface area contributed by atoms with Crippen LogP contribution in [0.2, 0.25) is 0 Å². The zero-order chi connectivity index (χ0) is 19.1. The van der Waals surface area contributed by atoms with Crippen LogP contribution in [0.3, 0.4) is 0 Å². The predicted molar refractivity (Wildman–Crippen MR) is 105 cm³/mol. The van der Waals surface area contributed by atoms with Crippen molar-refractivity contribution in [3.05, 3.63) is 58.4 Å². The Balaban J connectivity index is 1.40. The molecule has 1 amide bonds. The van der Waals surface area contributed by atoms with Crippen LogP contribution in [0.25, 0.3) is 9.88 Å². The van der Waals surface area contributed by atoms with Crippen molar-refractivity contribution in [1.29, 1.82) is 0 Å². The molecule has 1 aromatic carbocycles. The van der Waals surface area contributed by atoms with Gasteiger partial charge in [-0.3, -0.25) is 4.79 Å². The Hall–Kier alpha value is -2.71. The van der Waals surface area contributed by atoms with E-state index in [2.05, 4.69) is 10.3 Å². The smallest absolute Gasteiger partial charge is 0.358 e. The zero-order valence-corrected chi connectivity index (χ0v) is 16.3. The SMILES string of the molecule is COc1ccc(CCNC(=O)COC(=O)c2csc(-c3cccs3)n2)cc1. The number of esters is 1. The molecular formula is C19H18N2O4S2. The van der Waals surface area contributed by atoms with E-state index in [-0.39, 0.29) is 18.2 Å². The summed E-state index contributed by atoms with van der Waals surface area (Å²) in [6.45, 7) is 0.134. The molecule has 0 aliphatic rings. The summed E-state index contributed by atoms with van der Waals surface area (Å²) in [5.74, 6) is -0.149. The minimum Gasteiger partial charge on any atom is -0.497 e. The standard InChI is InChI=1S/C19H18N2O4S2/c1-24-14-6-4-13(5-7-14)8-9-20-17(22)11-25-19(23)15-12-27-18(21-15)16-3-2-10-26-16/h2-7,10,12H,8-9,11H2,1H3,(H,20,22). The molecule has 0 radical (unpaired) electrons. The largest absolute Gasteiger partial charge is 0.497 e. The van der Waals surface area contributed by atoms with Gasteiger partial charge in [0.2, 0.25) is 0 Å². The normalized spacial score (nSPS) is 10.4. The number of rotatable bonds is 8. The van der Waals surface area contributed by atoms with E-state index in [4.69, 9.17) is 9.47 Å². The molecule has 0 aliphatic heterocycles. The van der Waals surface area contributed by atoms with E-state index in [1.54, 1.807) is 23.8 Å². The zero-order valence-electron chi connectivity index (χ0n) is 14.6. The number of carbonyl (C=O) groups excluding carboxylic acids is 2. The van der Waals surface area contributed by atoms with E-state index in [9.17, 15) is 9.59 Å². The summed E-state index contributed by atoms with van der Waals surface area (Å²) < 4.78 is 10.1. The number of aromatic nitrogens is 1. The van der Waals surface area contributed by atoms with E-state index in [1.165, 1.54) is 11.3 Å². The number of benzene rings is 1. The fourth-order valence-electron chi connectivity index (χ4n) is 2.28. The maximum atomic E-state index is 12.0. The van der Waals surface area contributed by atoms with Crippen molar-refractivity contribution in [1.82, 2.24) is 10.3 Å². The van der Waals surface area contributed by atoms with Crippen LogP contribution in [0.15, 0.2) is 47.2 Å². The van der Waals surface area contributed by atoms with E-state index in [0.29, 0.717) is 13.0 Å². The first-order valence-electron chi connectivity index (χ1n) is 8.22. The van der Waals surface area contributed by atoms with Crippen molar-refractivity contribution in [2.75, 3.05) is 20.3 Å². The lowest BCUT2D eigenvalue weighted by atomic mass is 10.1. The molecule has 0 bridgehead atoms. The van der Waals surface area contributed by atoms with Crippen LogP contribution in [0.4, 0.5) is 0 Å². The number of methoxy groups -OCH3 is 1. The average Bonchev–Trinajstić information content (AvgIpc) is 3.38. The van der Waals surface area contributed by atoms with Crippen LogP contribution < -0.4 is 10.1 Å². The van der Waals surface area contributed by atoms with Gasteiger partial charge in [-0.15, -0.1) is 22.7 Å². The van der Waals surface area contributed by atoms with Gasteiger partial charge in [0.25, 0.3) is 5.91 Å². The molecular weight excluding hydrogens is 384 g/mol. The van der Waals surface area contributed by atoms with Gasteiger partial charge >= 0.3 is 5.97 Å². The molecule has 0 saturated heterocycles. The molecule has 6 nitrogen and oxygen atoms in total. The molecule has 3 rings (SSSR count). The summed E-state index contributed by atoms with van der Waals surface area (Å²) in [7, 11) is 1.62. The van der Waals surface area contributed by atoms with Crippen molar-refractivity contribution in [2.24, 2.45) is 0 Å².